The molecular formula is C30H29BrN2O5S. The fourth-order valence-electron chi connectivity index (χ4n) is 3.95. The van der Waals surface area contributed by atoms with E-state index in [1.54, 1.807) is 24.3 Å². The molecule has 7 nitrogen and oxygen atoms in total. The molecule has 3 aromatic carbocycles. The van der Waals surface area contributed by atoms with Crippen LogP contribution in [0, 0.1) is 20.8 Å². The summed E-state index contributed by atoms with van der Waals surface area (Å²) in [4.78, 5) is 39.4. The van der Waals surface area contributed by atoms with Crippen LogP contribution in [0.4, 0.5) is 10.5 Å². The third kappa shape index (κ3) is 7.10. The third-order valence-corrected chi connectivity index (χ3v) is 7.69. The van der Waals surface area contributed by atoms with E-state index in [1.165, 1.54) is 0 Å². The zero-order valence-corrected chi connectivity index (χ0v) is 24.6. The fraction of sp³-hybridized carbons (Fsp3) is 0.233. The van der Waals surface area contributed by atoms with E-state index >= 15 is 0 Å². The first kappa shape index (κ1) is 28.4. The van der Waals surface area contributed by atoms with Crippen LogP contribution < -0.4 is 14.8 Å². The molecule has 0 atom stereocenters. The van der Waals surface area contributed by atoms with E-state index in [1.807, 2.05) is 58.0 Å². The molecule has 1 saturated heterocycles. The summed E-state index contributed by atoms with van der Waals surface area (Å²) in [6, 6.07) is 17.2. The van der Waals surface area contributed by atoms with Gasteiger partial charge in [-0.3, -0.25) is 19.3 Å². The zero-order chi connectivity index (χ0) is 28.1. The average molecular weight is 610 g/mol. The molecule has 1 N–H and O–H groups in total. The zero-order valence-electron chi connectivity index (χ0n) is 22.2. The first-order valence-electron chi connectivity index (χ1n) is 12.4. The predicted molar refractivity (Wildman–Crippen MR) is 158 cm³/mol. The Bertz CT molecular complexity index is 1470. The lowest BCUT2D eigenvalue weighted by atomic mass is 10.1. The number of imide groups is 1. The van der Waals surface area contributed by atoms with Gasteiger partial charge in [0.2, 0.25) is 5.91 Å². The number of carbonyl (C=O) groups is 3. The smallest absolute Gasteiger partial charge is 0.294 e. The van der Waals surface area contributed by atoms with Gasteiger partial charge < -0.3 is 14.8 Å². The summed E-state index contributed by atoms with van der Waals surface area (Å²) in [5, 5.41) is 2.26. The van der Waals surface area contributed by atoms with E-state index in [0.29, 0.717) is 40.4 Å². The molecule has 3 aromatic rings. The highest BCUT2D eigenvalue weighted by Gasteiger charge is 2.36. The second-order valence-electron chi connectivity index (χ2n) is 9.15. The number of aryl methyl sites for hydroxylation is 3. The molecule has 9 heteroatoms. The Morgan fingerprint density at radius 3 is 2.49 bits per heavy atom. The molecular weight excluding hydrogens is 580 g/mol. The highest BCUT2D eigenvalue weighted by molar-refractivity contribution is 9.10. The van der Waals surface area contributed by atoms with Crippen LogP contribution in [0.2, 0.25) is 0 Å². The molecule has 39 heavy (non-hydrogen) atoms. The molecule has 3 amide bonds. The number of ether oxygens (including phenoxy) is 2. The summed E-state index contributed by atoms with van der Waals surface area (Å²) in [7, 11) is 0. The van der Waals surface area contributed by atoms with E-state index < -0.39 is 17.1 Å². The summed E-state index contributed by atoms with van der Waals surface area (Å²) < 4.78 is 12.5. The Morgan fingerprint density at radius 1 is 1.00 bits per heavy atom. The third-order valence-electron chi connectivity index (χ3n) is 6.09. The summed E-state index contributed by atoms with van der Waals surface area (Å²) in [5.74, 6) is 0.103. The van der Waals surface area contributed by atoms with Crippen molar-refractivity contribution < 1.29 is 23.9 Å². The van der Waals surface area contributed by atoms with Gasteiger partial charge in [-0.2, -0.15) is 0 Å². The van der Waals surface area contributed by atoms with Gasteiger partial charge in [-0.05, 0) is 92.1 Å². The average Bonchev–Trinajstić information content (AvgIpc) is 3.14. The van der Waals surface area contributed by atoms with Gasteiger partial charge in [-0.25, -0.2) is 0 Å². The van der Waals surface area contributed by atoms with Crippen LogP contribution in [0.15, 0.2) is 64.0 Å². The van der Waals surface area contributed by atoms with Gasteiger partial charge in [-0.1, -0.05) is 51.8 Å². The van der Waals surface area contributed by atoms with Gasteiger partial charge in [0.25, 0.3) is 11.1 Å². The normalized spacial score (nSPS) is 14.2. The summed E-state index contributed by atoms with van der Waals surface area (Å²) >= 11 is 4.35. The molecule has 1 aliphatic heterocycles. The van der Waals surface area contributed by atoms with Crippen molar-refractivity contribution in [2.75, 3.05) is 18.5 Å². The Labute approximate surface area is 240 Å². The Morgan fingerprint density at radius 2 is 1.77 bits per heavy atom. The Kier molecular flexibility index (Phi) is 9.14. The molecule has 0 aliphatic carbocycles. The van der Waals surface area contributed by atoms with Crippen molar-refractivity contribution in [1.29, 1.82) is 0 Å². The summed E-state index contributed by atoms with van der Waals surface area (Å²) in [6.45, 7) is 8.26. The number of amides is 3. The molecule has 0 bridgehead atoms. The molecule has 0 saturated carbocycles. The number of nitrogens with one attached hydrogen (secondary N) is 1. The van der Waals surface area contributed by atoms with E-state index in [0.717, 1.165) is 38.9 Å². The van der Waals surface area contributed by atoms with Crippen molar-refractivity contribution in [3.8, 4) is 11.5 Å². The fourth-order valence-corrected chi connectivity index (χ4v) is 5.21. The standard InChI is InChI=1S/C30H29BrN2O5S/c1-5-37-25-13-22(24(31)15-26(25)38-17-21-8-6-7-18(2)11-21)14-27-29(35)33(30(36)39-27)16-28(34)32-23-10-9-19(3)20(4)12-23/h6-15H,5,16-17H2,1-4H3,(H,32,34)/b27-14+. The van der Waals surface area contributed by atoms with Crippen LogP contribution in [0.5, 0.6) is 11.5 Å². The minimum atomic E-state index is -0.523. The number of benzene rings is 3. The van der Waals surface area contributed by atoms with E-state index in [4.69, 9.17) is 9.47 Å². The monoisotopic (exact) mass is 608 g/mol. The highest BCUT2D eigenvalue weighted by Crippen LogP contribution is 2.38. The van der Waals surface area contributed by atoms with Gasteiger partial charge >= 0.3 is 0 Å². The van der Waals surface area contributed by atoms with E-state index in [9.17, 15) is 14.4 Å². The van der Waals surface area contributed by atoms with Crippen LogP contribution >= 0.6 is 27.7 Å². The van der Waals surface area contributed by atoms with Gasteiger partial charge in [-0.15, -0.1) is 0 Å². The molecule has 0 spiro atoms. The molecule has 1 aliphatic rings. The lowest BCUT2D eigenvalue weighted by Crippen LogP contribution is -2.36. The van der Waals surface area contributed by atoms with Crippen LogP contribution in [0.1, 0.15) is 34.7 Å². The molecule has 1 heterocycles. The van der Waals surface area contributed by atoms with Crippen molar-refractivity contribution in [3.63, 3.8) is 0 Å². The van der Waals surface area contributed by atoms with Crippen molar-refractivity contribution in [1.82, 2.24) is 4.90 Å². The van der Waals surface area contributed by atoms with Crippen LogP contribution in [0.3, 0.4) is 0 Å². The maximum absolute atomic E-state index is 13.0. The SMILES string of the molecule is CCOc1cc(/C=C2/SC(=O)N(CC(=O)Nc3ccc(C)c(C)c3)C2=O)c(Br)cc1OCc1cccc(C)c1. The number of carbonyl (C=O) groups excluding carboxylic acids is 3. The van der Waals surface area contributed by atoms with Crippen molar-refractivity contribution >= 4 is 56.5 Å². The van der Waals surface area contributed by atoms with E-state index in [-0.39, 0.29) is 11.4 Å². The molecule has 202 valence electrons. The number of halogens is 1. The van der Waals surface area contributed by atoms with Crippen LogP contribution in [-0.2, 0) is 16.2 Å². The van der Waals surface area contributed by atoms with Gasteiger partial charge in [0.15, 0.2) is 11.5 Å². The van der Waals surface area contributed by atoms with Gasteiger partial charge in [0.1, 0.15) is 13.2 Å². The first-order chi connectivity index (χ1) is 18.6. The summed E-state index contributed by atoms with van der Waals surface area (Å²) in [5.41, 5.74) is 5.58. The van der Waals surface area contributed by atoms with Gasteiger partial charge in [0.05, 0.1) is 11.5 Å². The maximum atomic E-state index is 13.0. The number of nitrogens with zero attached hydrogens (tertiary/aromatic N) is 1. The largest absolute Gasteiger partial charge is 0.490 e. The quantitative estimate of drug-likeness (QED) is 0.263. The number of hydrogen-bond acceptors (Lipinski definition) is 6. The Balaban J connectivity index is 1.49. The van der Waals surface area contributed by atoms with E-state index in [2.05, 4.69) is 27.3 Å². The molecule has 4 rings (SSSR count). The number of rotatable bonds is 9. The first-order valence-corrected chi connectivity index (χ1v) is 14.0. The van der Waals surface area contributed by atoms with Crippen molar-refractivity contribution in [2.24, 2.45) is 0 Å². The minimum Gasteiger partial charge on any atom is -0.490 e. The minimum absolute atomic E-state index is 0.218. The molecule has 0 radical (unpaired) electrons. The second-order valence-corrected chi connectivity index (χ2v) is 11.0. The van der Waals surface area contributed by atoms with Crippen molar-refractivity contribution in [3.05, 3.63) is 91.8 Å². The highest BCUT2D eigenvalue weighted by atomic mass is 79.9. The molecule has 0 aromatic heterocycles. The summed E-state index contributed by atoms with van der Waals surface area (Å²) in [6.07, 6.45) is 1.61. The topological polar surface area (TPSA) is 84.9 Å². The van der Waals surface area contributed by atoms with Gasteiger partial charge in [0, 0.05) is 10.2 Å². The lowest BCUT2D eigenvalue weighted by Gasteiger charge is -2.15. The number of thioether (sulfide) groups is 1. The van der Waals surface area contributed by atoms with Crippen LogP contribution in [-0.4, -0.2) is 35.1 Å². The maximum Gasteiger partial charge on any atom is 0.294 e. The Hall–Kier alpha value is -3.56. The second kappa shape index (κ2) is 12.5. The molecule has 1 fully saturated rings. The number of anilines is 1. The van der Waals surface area contributed by atoms with Crippen molar-refractivity contribution in [2.45, 2.75) is 34.3 Å². The lowest BCUT2D eigenvalue weighted by molar-refractivity contribution is -0.127. The van der Waals surface area contributed by atoms with Crippen LogP contribution in [0.25, 0.3) is 6.08 Å². The predicted octanol–water partition coefficient (Wildman–Crippen LogP) is 7.03. The molecule has 0 unspecified atom stereocenters. The number of hydrogen-bond donors (Lipinski definition) is 1.